The summed E-state index contributed by atoms with van der Waals surface area (Å²) in [6, 6.07) is 10.8. The van der Waals surface area contributed by atoms with Crippen molar-refractivity contribution in [3.63, 3.8) is 0 Å². The molecule has 20 heavy (non-hydrogen) atoms. The van der Waals surface area contributed by atoms with E-state index in [1.165, 1.54) is 25.2 Å². The molecule has 0 radical (unpaired) electrons. The third kappa shape index (κ3) is 3.04. The second-order valence-corrected chi connectivity index (χ2v) is 7.24. The SMILES string of the molecule is CN(c1cccc(Cl)c1)S(=O)(=O)c1cc(Cl)ccc1Cl. The van der Waals surface area contributed by atoms with E-state index >= 15 is 0 Å². The Balaban J connectivity index is 2.52. The first-order valence-electron chi connectivity index (χ1n) is 5.52. The first-order chi connectivity index (χ1) is 9.32. The lowest BCUT2D eigenvalue weighted by Crippen LogP contribution is -2.26. The topological polar surface area (TPSA) is 37.4 Å². The summed E-state index contributed by atoms with van der Waals surface area (Å²) >= 11 is 17.7. The molecule has 0 aliphatic heterocycles. The molecule has 0 fully saturated rings. The molecule has 7 heteroatoms. The Bertz CT molecular complexity index is 747. The molecular weight excluding hydrogens is 341 g/mol. The fourth-order valence-corrected chi connectivity index (χ4v) is 3.74. The molecule has 0 N–H and O–H groups in total. The van der Waals surface area contributed by atoms with Crippen LogP contribution >= 0.6 is 34.8 Å². The van der Waals surface area contributed by atoms with Crippen molar-refractivity contribution < 1.29 is 8.42 Å². The van der Waals surface area contributed by atoms with E-state index < -0.39 is 10.0 Å². The average Bonchev–Trinajstić information content (AvgIpc) is 2.40. The van der Waals surface area contributed by atoms with Crippen molar-refractivity contribution in [1.82, 2.24) is 0 Å². The summed E-state index contributed by atoms with van der Waals surface area (Å²) in [4.78, 5) is -0.0471. The van der Waals surface area contributed by atoms with Crippen molar-refractivity contribution >= 4 is 50.5 Å². The minimum absolute atomic E-state index is 0.0471. The largest absolute Gasteiger partial charge is 0.269 e. The lowest BCUT2D eigenvalue weighted by Gasteiger charge is -2.20. The summed E-state index contributed by atoms with van der Waals surface area (Å²) in [5, 5.41) is 0.859. The van der Waals surface area contributed by atoms with Crippen LogP contribution in [0.3, 0.4) is 0 Å². The van der Waals surface area contributed by atoms with Crippen molar-refractivity contribution in [2.75, 3.05) is 11.4 Å². The Morgan fingerprint density at radius 3 is 2.25 bits per heavy atom. The normalized spacial score (nSPS) is 11.4. The number of rotatable bonds is 3. The van der Waals surface area contributed by atoms with Gasteiger partial charge in [0, 0.05) is 17.1 Å². The van der Waals surface area contributed by atoms with Crippen molar-refractivity contribution in [2.24, 2.45) is 0 Å². The van der Waals surface area contributed by atoms with Crippen molar-refractivity contribution in [2.45, 2.75) is 4.90 Å². The number of nitrogens with zero attached hydrogens (tertiary/aromatic N) is 1. The molecule has 0 bridgehead atoms. The molecule has 0 amide bonds. The Morgan fingerprint density at radius 1 is 0.950 bits per heavy atom. The Morgan fingerprint density at radius 2 is 1.60 bits per heavy atom. The number of sulfonamides is 1. The molecule has 0 aliphatic rings. The number of hydrogen-bond donors (Lipinski definition) is 0. The number of halogens is 3. The van der Waals surface area contributed by atoms with Crippen LogP contribution in [0.5, 0.6) is 0 Å². The third-order valence-corrected chi connectivity index (χ3v) is 5.44. The smallest absolute Gasteiger partial charge is 0.265 e. The van der Waals surface area contributed by atoms with Crippen LogP contribution in [0.15, 0.2) is 47.4 Å². The summed E-state index contributed by atoms with van der Waals surface area (Å²) in [5.41, 5.74) is 0.438. The first-order valence-corrected chi connectivity index (χ1v) is 8.09. The molecule has 2 aromatic rings. The zero-order chi connectivity index (χ0) is 14.9. The van der Waals surface area contributed by atoms with E-state index in [4.69, 9.17) is 34.8 Å². The summed E-state index contributed by atoms with van der Waals surface area (Å²) in [7, 11) is -2.37. The number of benzene rings is 2. The molecule has 0 aromatic heterocycles. The van der Waals surface area contributed by atoms with Crippen LogP contribution in [0.25, 0.3) is 0 Å². The van der Waals surface area contributed by atoms with Crippen LogP contribution < -0.4 is 4.31 Å². The molecule has 2 aromatic carbocycles. The van der Waals surface area contributed by atoms with Gasteiger partial charge >= 0.3 is 0 Å². The van der Waals surface area contributed by atoms with Crippen LogP contribution in [-0.4, -0.2) is 15.5 Å². The van der Waals surface area contributed by atoms with Crippen molar-refractivity contribution in [1.29, 1.82) is 0 Å². The first kappa shape index (κ1) is 15.4. The highest BCUT2D eigenvalue weighted by Gasteiger charge is 2.24. The van der Waals surface area contributed by atoms with E-state index in [0.29, 0.717) is 15.7 Å². The fourth-order valence-electron chi connectivity index (χ4n) is 1.63. The van der Waals surface area contributed by atoms with Gasteiger partial charge in [-0.05, 0) is 36.4 Å². The van der Waals surface area contributed by atoms with Gasteiger partial charge in [0.25, 0.3) is 10.0 Å². The van der Waals surface area contributed by atoms with Gasteiger partial charge in [0.05, 0.1) is 10.7 Å². The number of anilines is 1. The summed E-state index contributed by atoms with van der Waals surface area (Å²) in [5.74, 6) is 0. The van der Waals surface area contributed by atoms with Gasteiger partial charge in [-0.15, -0.1) is 0 Å². The van der Waals surface area contributed by atoms with Crippen LogP contribution in [-0.2, 0) is 10.0 Å². The summed E-state index contributed by atoms with van der Waals surface area (Å²) < 4.78 is 26.2. The predicted molar refractivity (Wildman–Crippen MR) is 83.5 cm³/mol. The van der Waals surface area contributed by atoms with Crippen molar-refractivity contribution in [3.05, 3.63) is 57.5 Å². The van der Waals surface area contributed by atoms with Crippen LogP contribution in [0.4, 0.5) is 5.69 Å². The molecule has 0 unspecified atom stereocenters. The lowest BCUT2D eigenvalue weighted by molar-refractivity contribution is 0.594. The third-order valence-electron chi connectivity index (χ3n) is 2.70. The highest BCUT2D eigenvalue weighted by atomic mass is 35.5. The summed E-state index contributed by atoms with van der Waals surface area (Å²) in [6.45, 7) is 0. The van der Waals surface area contributed by atoms with Crippen molar-refractivity contribution in [3.8, 4) is 0 Å². The zero-order valence-corrected chi connectivity index (χ0v) is 13.4. The second-order valence-electron chi connectivity index (χ2n) is 4.03. The van der Waals surface area contributed by atoms with Gasteiger partial charge in [-0.3, -0.25) is 4.31 Å². The van der Waals surface area contributed by atoms with Crippen LogP contribution in [0, 0.1) is 0 Å². The molecule has 0 aliphatic carbocycles. The molecule has 0 saturated heterocycles. The van der Waals surface area contributed by atoms with Gasteiger partial charge in [0.15, 0.2) is 0 Å². The lowest BCUT2D eigenvalue weighted by atomic mass is 10.3. The van der Waals surface area contributed by atoms with E-state index in [9.17, 15) is 8.42 Å². The van der Waals surface area contributed by atoms with E-state index in [-0.39, 0.29) is 9.92 Å². The minimum Gasteiger partial charge on any atom is -0.269 e. The van der Waals surface area contributed by atoms with Gasteiger partial charge in [-0.1, -0.05) is 40.9 Å². The molecule has 2 rings (SSSR count). The minimum atomic E-state index is -3.80. The molecule has 0 saturated carbocycles. The highest BCUT2D eigenvalue weighted by Crippen LogP contribution is 2.30. The van der Waals surface area contributed by atoms with E-state index in [1.807, 2.05) is 0 Å². The van der Waals surface area contributed by atoms with Crippen LogP contribution in [0.1, 0.15) is 0 Å². The molecule has 0 spiro atoms. The predicted octanol–water partition coefficient (Wildman–Crippen LogP) is 4.47. The Hall–Kier alpha value is -0.940. The zero-order valence-electron chi connectivity index (χ0n) is 10.3. The maximum Gasteiger partial charge on any atom is 0.265 e. The quantitative estimate of drug-likeness (QED) is 0.819. The van der Waals surface area contributed by atoms with Gasteiger partial charge in [-0.25, -0.2) is 8.42 Å². The van der Waals surface area contributed by atoms with Gasteiger partial charge < -0.3 is 0 Å². The van der Waals surface area contributed by atoms with Crippen LogP contribution in [0.2, 0.25) is 15.1 Å². The van der Waals surface area contributed by atoms with Gasteiger partial charge in [0.2, 0.25) is 0 Å². The number of hydrogen-bond acceptors (Lipinski definition) is 2. The van der Waals surface area contributed by atoms with Gasteiger partial charge in [0.1, 0.15) is 4.90 Å². The summed E-state index contributed by atoms with van der Waals surface area (Å²) in [6.07, 6.45) is 0. The maximum absolute atomic E-state index is 12.6. The molecule has 3 nitrogen and oxygen atoms in total. The highest BCUT2D eigenvalue weighted by molar-refractivity contribution is 7.93. The molecule has 0 heterocycles. The molecule has 106 valence electrons. The average molecular weight is 351 g/mol. The molecular formula is C13H10Cl3NO2S. The van der Waals surface area contributed by atoms with Gasteiger partial charge in [-0.2, -0.15) is 0 Å². The Labute approximate surface area is 132 Å². The Kier molecular flexibility index (Phi) is 4.49. The van der Waals surface area contributed by atoms with E-state index in [0.717, 1.165) is 4.31 Å². The standard InChI is InChI=1S/C13H10Cl3NO2S/c1-17(11-4-2-3-9(14)7-11)20(18,19)13-8-10(15)5-6-12(13)16/h2-8H,1H3. The second kappa shape index (κ2) is 5.82. The van der Waals surface area contributed by atoms with E-state index in [1.54, 1.807) is 24.3 Å². The molecule has 0 atom stereocenters. The monoisotopic (exact) mass is 349 g/mol. The maximum atomic E-state index is 12.6. The van der Waals surface area contributed by atoms with E-state index in [2.05, 4.69) is 0 Å². The fraction of sp³-hybridized carbons (Fsp3) is 0.0769.